The van der Waals surface area contributed by atoms with Crippen LogP contribution < -0.4 is 10.6 Å². The van der Waals surface area contributed by atoms with Crippen molar-refractivity contribution in [2.24, 2.45) is 5.92 Å². The van der Waals surface area contributed by atoms with Crippen LogP contribution in [-0.4, -0.2) is 43.7 Å². The highest BCUT2D eigenvalue weighted by Crippen LogP contribution is 2.23. The van der Waals surface area contributed by atoms with Gasteiger partial charge in [-0.25, -0.2) is 12.8 Å². The third-order valence-corrected chi connectivity index (χ3v) is 7.04. The molecule has 9 heteroatoms. The van der Waals surface area contributed by atoms with Crippen LogP contribution in [0.3, 0.4) is 0 Å². The Balaban J connectivity index is 1.73. The predicted molar refractivity (Wildman–Crippen MR) is 116 cm³/mol. The third-order valence-electron chi connectivity index (χ3n) is 5.15. The molecule has 2 aromatic rings. The summed E-state index contributed by atoms with van der Waals surface area (Å²) >= 11 is 0. The van der Waals surface area contributed by atoms with Gasteiger partial charge in [0.05, 0.1) is 4.90 Å². The first-order valence-electron chi connectivity index (χ1n) is 10.2. The number of rotatable bonds is 7. The summed E-state index contributed by atoms with van der Waals surface area (Å²) in [5.74, 6) is -1.67. The highest BCUT2D eigenvalue weighted by atomic mass is 32.2. The molecule has 0 bridgehead atoms. The normalized spacial score (nSPS) is 15.6. The summed E-state index contributed by atoms with van der Waals surface area (Å²) in [6.45, 7) is 4.54. The summed E-state index contributed by atoms with van der Waals surface area (Å²) < 4.78 is 40.1. The highest BCUT2D eigenvalue weighted by molar-refractivity contribution is 7.89. The molecule has 0 unspecified atom stereocenters. The number of hydrogen-bond donors (Lipinski definition) is 2. The Hall–Kier alpha value is -2.78. The molecule has 0 saturated carbocycles. The van der Waals surface area contributed by atoms with Gasteiger partial charge in [0.15, 0.2) is 0 Å². The lowest BCUT2D eigenvalue weighted by molar-refractivity contribution is -0.118. The Bertz CT molecular complexity index is 1050. The maximum absolute atomic E-state index is 13.1. The van der Waals surface area contributed by atoms with E-state index in [4.69, 9.17) is 0 Å². The number of nitrogens with one attached hydrogen (secondary N) is 2. The van der Waals surface area contributed by atoms with Crippen molar-refractivity contribution in [2.45, 2.75) is 37.6 Å². The van der Waals surface area contributed by atoms with Gasteiger partial charge in [-0.3, -0.25) is 9.59 Å². The summed E-state index contributed by atoms with van der Waals surface area (Å²) in [5, 5.41) is 5.36. The highest BCUT2D eigenvalue weighted by Gasteiger charge is 2.28. The van der Waals surface area contributed by atoms with Crippen molar-refractivity contribution in [1.29, 1.82) is 0 Å². The van der Waals surface area contributed by atoms with E-state index >= 15 is 0 Å². The van der Waals surface area contributed by atoms with Crippen molar-refractivity contribution < 1.29 is 22.4 Å². The molecular weight excluding hydrogens is 421 g/mol. The molecule has 1 aliphatic rings. The molecule has 2 amide bonds. The second kappa shape index (κ2) is 9.57. The van der Waals surface area contributed by atoms with E-state index in [1.165, 1.54) is 40.7 Å². The predicted octanol–water partition coefficient (Wildman–Crippen LogP) is 3.00. The molecule has 0 aliphatic carbocycles. The van der Waals surface area contributed by atoms with Gasteiger partial charge in [-0.2, -0.15) is 4.31 Å². The zero-order chi connectivity index (χ0) is 22.6. The minimum atomic E-state index is -3.61. The minimum Gasteiger partial charge on any atom is -0.340 e. The van der Waals surface area contributed by atoms with E-state index in [-0.39, 0.29) is 16.4 Å². The van der Waals surface area contributed by atoms with Crippen molar-refractivity contribution in [3.8, 4) is 0 Å². The second-order valence-electron chi connectivity index (χ2n) is 7.83. The number of carbonyl (C=O) groups excluding carboxylic acids is 2. The maximum atomic E-state index is 13.1. The van der Waals surface area contributed by atoms with Gasteiger partial charge in [-0.15, -0.1) is 0 Å². The second-order valence-corrected chi connectivity index (χ2v) is 9.77. The summed E-state index contributed by atoms with van der Waals surface area (Å²) in [4.78, 5) is 25.4. The number of hydrogen-bond acceptors (Lipinski definition) is 4. The first-order chi connectivity index (χ1) is 14.7. The molecule has 1 atom stereocenters. The van der Waals surface area contributed by atoms with Crippen LogP contribution in [-0.2, 0) is 14.8 Å². The van der Waals surface area contributed by atoms with Crippen molar-refractivity contribution in [3.05, 3.63) is 59.9 Å². The lowest BCUT2D eigenvalue weighted by atomic mass is 10.0. The number of amides is 2. The Labute approximate surface area is 181 Å². The monoisotopic (exact) mass is 447 g/mol. The van der Waals surface area contributed by atoms with Gasteiger partial charge in [-0.1, -0.05) is 19.9 Å². The molecule has 1 saturated heterocycles. The fourth-order valence-corrected chi connectivity index (χ4v) is 4.96. The quantitative estimate of drug-likeness (QED) is 0.682. The van der Waals surface area contributed by atoms with Crippen molar-refractivity contribution in [1.82, 2.24) is 9.62 Å². The topological polar surface area (TPSA) is 95.6 Å². The molecule has 7 nitrogen and oxygen atoms in total. The maximum Gasteiger partial charge on any atom is 0.251 e. The Kier molecular flexibility index (Phi) is 7.07. The first-order valence-corrected chi connectivity index (χ1v) is 11.6. The number of anilines is 1. The molecule has 1 fully saturated rings. The first kappa shape index (κ1) is 22.9. The van der Waals surface area contributed by atoms with Gasteiger partial charge >= 0.3 is 0 Å². The molecule has 3 rings (SSSR count). The zero-order valence-corrected chi connectivity index (χ0v) is 18.3. The lowest BCUT2D eigenvalue weighted by Gasteiger charge is -2.22. The van der Waals surface area contributed by atoms with Crippen LogP contribution in [0.1, 0.15) is 37.0 Å². The minimum absolute atomic E-state index is 0.114. The zero-order valence-electron chi connectivity index (χ0n) is 17.5. The Morgan fingerprint density at radius 3 is 2.29 bits per heavy atom. The molecule has 1 heterocycles. The van der Waals surface area contributed by atoms with E-state index in [9.17, 15) is 22.4 Å². The largest absolute Gasteiger partial charge is 0.340 e. The summed E-state index contributed by atoms with van der Waals surface area (Å²) in [6.07, 6.45) is 1.67. The third kappa shape index (κ3) is 5.48. The van der Waals surface area contributed by atoms with Crippen molar-refractivity contribution in [2.75, 3.05) is 18.4 Å². The molecule has 31 heavy (non-hydrogen) atoms. The van der Waals surface area contributed by atoms with Crippen LogP contribution >= 0.6 is 0 Å². The van der Waals surface area contributed by atoms with Gasteiger partial charge in [0.1, 0.15) is 11.9 Å². The number of sulfonamides is 1. The average Bonchev–Trinajstić information content (AvgIpc) is 3.28. The number of nitrogens with zero attached hydrogens (tertiary/aromatic N) is 1. The van der Waals surface area contributed by atoms with Crippen LogP contribution in [0.2, 0.25) is 0 Å². The van der Waals surface area contributed by atoms with Gasteiger partial charge in [0.25, 0.3) is 5.91 Å². The summed E-state index contributed by atoms with van der Waals surface area (Å²) in [5.41, 5.74) is 0.561. The van der Waals surface area contributed by atoms with Crippen LogP contribution in [0.15, 0.2) is 53.4 Å². The van der Waals surface area contributed by atoms with E-state index in [1.54, 1.807) is 26.0 Å². The van der Waals surface area contributed by atoms with Gasteiger partial charge in [-0.05, 0) is 61.2 Å². The van der Waals surface area contributed by atoms with E-state index in [0.717, 1.165) is 12.8 Å². The van der Waals surface area contributed by atoms with Crippen molar-refractivity contribution in [3.63, 3.8) is 0 Å². The smallest absolute Gasteiger partial charge is 0.251 e. The summed E-state index contributed by atoms with van der Waals surface area (Å²) in [6, 6.07) is 10.2. The average molecular weight is 448 g/mol. The molecule has 2 N–H and O–H groups in total. The number of halogens is 1. The van der Waals surface area contributed by atoms with E-state index in [0.29, 0.717) is 18.8 Å². The van der Waals surface area contributed by atoms with Crippen LogP contribution in [0.5, 0.6) is 0 Å². The molecule has 2 aromatic carbocycles. The van der Waals surface area contributed by atoms with Gasteiger partial charge in [0.2, 0.25) is 15.9 Å². The number of benzene rings is 2. The van der Waals surface area contributed by atoms with E-state index in [2.05, 4.69) is 10.6 Å². The Morgan fingerprint density at radius 2 is 1.68 bits per heavy atom. The van der Waals surface area contributed by atoms with E-state index < -0.39 is 33.7 Å². The van der Waals surface area contributed by atoms with Gasteiger partial charge in [0, 0.05) is 24.3 Å². The SMILES string of the molecule is CC(C)[C@@H](NC(=O)c1ccc(F)cc1)C(=O)Nc1cccc(S(=O)(=O)N2CCCC2)c1. The molecule has 0 spiro atoms. The number of carbonyl (C=O) groups is 2. The van der Waals surface area contributed by atoms with Gasteiger partial charge < -0.3 is 10.6 Å². The van der Waals surface area contributed by atoms with E-state index in [1.807, 2.05) is 0 Å². The molecule has 166 valence electrons. The standard InChI is InChI=1S/C22H26FN3O4S/c1-15(2)20(25-21(27)16-8-10-17(23)11-9-16)22(28)24-18-6-5-7-19(14-18)31(29,30)26-12-3-4-13-26/h5-11,14-15,20H,3-4,12-13H2,1-2H3,(H,24,28)(H,25,27)/t20-/m1/s1. The molecule has 0 radical (unpaired) electrons. The molecule has 1 aliphatic heterocycles. The van der Waals surface area contributed by atoms with Crippen molar-refractivity contribution >= 4 is 27.5 Å². The fraction of sp³-hybridized carbons (Fsp3) is 0.364. The van der Waals surface area contributed by atoms with Crippen LogP contribution in [0.25, 0.3) is 0 Å². The lowest BCUT2D eigenvalue weighted by Crippen LogP contribution is -2.47. The summed E-state index contributed by atoms with van der Waals surface area (Å²) in [7, 11) is -3.61. The van der Waals surface area contributed by atoms with Crippen LogP contribution in [0.4, 0.5) is 10.1 Å². The Morgan fingerprint density at radius 1 is 1.03 bits per heavy atom. The van der Waals surface area contributed by atoms with Crippen LogP contribution in [0, 0.1) is 11.7 Å². The fourth-order valence-electron chi connectivity index (χ4n) is 3.39. The molecular formula is C22H26FN3O4S. The molecule has 0 aromatic heterocycles.